The molecule has 0 aliphatic carbocycles. The maximum Gasteiger partial charge on any atom is 0.263 e. The maximum atomic E-state index is 13.3. The van der Waals surface area contributed by atoms with Gasteiger partial charge in [-0.3, -0.25) is 0 Å². The number of nitrogens with zero attached hydrogens (tertiary/aromatic N) is 1. The Morgan fingerprint density at radius 2 is 1.92 bits per heavy atom. The van der Waals surface area contributed by atoms with E-state index in [1.54, 1.807) is 18.3 Å². The number of ether oxygens (including phenoxy) is 1. The smallest absolute Gasteiger partial charge is 0.263 e. The van der Waals surface area contributed by atoms with Crippen LogP contribution in [0.3, 0.4) is 0 Å². The van der Waals surface area contributed by atoms with Crippen LogP contribution in [0.5, 0.6) is 11.6 Å². The van der Waals surface area contributed by atoms with E-state index in [1.165, 1.54) is 12.1 Å². The van der Waals surface area contributed by atoms with Crippen molar-refractivity contribution in [1.82, 2.24) is 4.98 Å². The third-order valence-corrected chi connectivity index (χ3v) is 4.04. The molecule has 4 aromatic rings. The van der Waals surface area contributed by atoms with Crippen molar-refractivity contribution in [3.63, 3.8) is 0 Å². The number of aromatic nitrogens is 1. The molecule has 0 radical (unpaired) electrons. The molecule has 3 N–H and O–H groups in total. The van der Waals surface area contributed by atoms with Gasteiger partial charge in [0, 0.05) is 11.9 Å². The Balaban J connectivity index is 1.73. The quantitative estimate of drug-likeness (QED) is 0.480. The molecule has 2 heterocycles. The fourth-order valence-corrected chi connectivity index (χ4v) is 2.72. The summed E-state index contributed by atoms with van der Waals surface area (Å²) in [6.07, 6.45) is 1.60. The van der Waals surface area contributed by atoms with Crippen molar-refractivity contribution in [3.8, 4) is 11.6 Å². The van der Waals surface area contributed by atoms with Gasteiger partial charge in [0.25, 0.3) is 5.88 Å². The number of fused-ring (bicyclic) bond motifs is 1. The normalized spacial score (nSPS) is 10.8. The molecule has 0 saturated heterocycles. The minimum absolute atomic E-state index is 0.0103. The van der Waals surface area contributed by atoms with E-state index in [-0.39, 0.29) is 10.9 Å². The molecular formula is C19H13ClFN3O2. The number of hydrogen-bond donors (Lipinski definition) is 2. The number of pyridine rings is 1. The highest BCUT2D eigenvalue weighted by atomic mass is 35.5. The van der Waals surface area contributed by atoms with Gasteiger partial charge in [-0.25, -0.2) is 9.37 Å². The number of furan rings is 1. The molecule has 0 saturated carbocycles. The Bertz CT molecular complexity index is 1080. The van der Waals surface area contributed by atoms with E-state index in [9.17, 15) is 4.39 Å². The number of benzene rings is 2. The van der Waals surface area contributed by atoms with Crippen LogP contribution >= 0.6 is 11.6 Å². The third-order valence-electron chi connectivity index (χ3n) is 3.75. The molecule has 5 nitrogen and oxygen atoms in total. The highest BCUT2D eigenvalue weighted by Crippen LogP contribution is 2.39. The van der Waals surface area contributed by atoms with Crippen LogP contribution in [0, 0.1) is 5.82 Å². The molecule has 0 amide bonds. The van der Waals surface area contributed by atoms with Crippen LogP contribution in [-0.4, -0.2) is 4.98 Å². The molecule has 0 aliphatic heterocycles. The minimum atomic E-state index is -0.495. The number of halogens is 2. The van der Waals surface area contributed by atoms with Crippen molar-refractivity contribution >= 4 is 39.8 Å². The van der Waals surface area contributed by atoms with Gasteiger partial charge < -0.3 is 20.2 Å². The summed E-state index contributed by atoms with van der Waals surface area (Å²) in [7, 11) is 0. The van der Waals surface area contributed by atoms with Crippen LogP contribution in [0.1, 0.15) is 0 Å². The molecule has 0 bridgehead atoms. The first kappa shape index (κ1) is 16.2. The summed E-state index contributed by atoms with van der Waals surface area (Å²) in [6.45, 7) is 0. The van der Waals surface area contributed by atoms with Crippen molar-refractivity contribution in [3.05, 3.63) is 71.6 Å². The summed E-state index contributed by atoms with van der Waals surface area (Å²) < 4.78 is 24.8. The molecule has 130 valence electrons. The number of nitrogen functional groups attached to an aromatic ring is 1. The summed E-state index contributed by atoms with van der Waals surface area (Å²) in [5.41, 5.74) is 7.53. The van der Waals surface area contributed by atoms with Gasteiger partial charge >= 0.3 is 0 Å². The largest absolute Gasteiger partial charge is 0.436 e. The number of nitrogens with one attached hydrogen (secondary N) is 1. The molecule has 0 aliphatic rings. The molecule has 4 rings (SSSR count). The summed E-state index contributed by atoms with van der Waals surface area (Å²) in [5, 5.41) is 3.80. The monoisotopic (exact) mass is 369 g/mol. The Morgan fingerprint density at radius 3 is 2.69 bits per heavy atom. The lowest BCUT2D eigenvalue weighted by molar-refractivity contribution is 0.456. The third kappa shape index (κ3) is 3.02. The first-order valence-corrected chi connectivity index (χ1v) is 8.11. The summed E-state index contributed by atoms with van der Waals surface area (Å²) in [5.74, 6) is 0.587. The fourth-order valence-electron chi connectivity index (χ4n) is 2.54. The van der Waals surface area contributed by atoms with Crippen molar-refractivity contribution in [2.24, 2.45) is 0 Å². The Morgan fingerprint density at radius 1 is 1.12 bits per heavy atom. The number of rotatable bonds is 4. The van der Waals surface area contributed by atoms with Gasteiger partial charge in [-0.1, -0.05) is 29.8 Å². The van der Waals surface area contributed by atoms with Gasteiger partial charge in [-0.15, -0.1) is 0 Å². The van der Waals surface area contributed by atoms with E-state index in [4.69, 9.17) is 26.5 Å². The van der Waals surface area contributed by atoms with E-state index in [1.807, 2.05) is 30.3 Å². The summed E-state index contributed by atoms with van der Waals surface area (Å²) in [6, 6.07) is 15.3. The van der Waals surface area contributed by atoms with E-state index in [0.717, 1.165) is 0 Å². The van der Waals surface area contributed by atoms with Crippen molar-refractivity contribution in [2.45, 2.75) is 0 Å². The predicted octanol–water partition coefficient (Wildman–Crippen LogP) is 5.74. The number of nitrogens with two attached hydrogens (primary N) is 1. The lowest BCUT2D eigenvalue weighted by Gasteiger charge is -2.07. The van der Waals surface area contributed by atoms with Gasteiger partial charge in [-0.05, 0) is 36.4 Å². The highest BCUT2D eigenvalue weighted by molar-refractivity contribution is 6.31. The zero-order valence-electron chi connectivity index (χ0n) is 13.4. The second-order valence-corrected chi connectivity index (χ2v) is 5.91. The lowest BCUT2D eigenvalue weighted by Crippen LogP contribution is -1.94. The average molecular weight is 370 g/mol. The SMILES string of the molecule is Nc1oc2c(Oc3ccccc3)nccc2c1Nc1ccc(F)c(Cl)c1. The number of anilines is 3. The molecule has 2 aromatic heterocycles. The fraction of sp³-hybridized carbons (Fsp3) is 0. The van der Waals surface area contributed by atoms with Crippen LogP contribution in [0.15, 0.2) is 65.2 Å². The number of para-hydroxylation sites is 1. The maximum absolute atomic E-state index is 13.3. The predicted molar refractivity (Wildman–Crippen MR) is 99.6 cm³/mol. The molecule has 0 unspecified atom stereocenters. The Kier molecular flexibility index (Phi) is 4.10. The topological polar surface area (TPSA) is 73.3 Å². The zero-order chi connectivity index (χ0) is 18.1. The van der Waals surface area contributed by atoms with Gasteiger partial charge in [0.2, 0.25) is 11.5 Å². The zero-order valence-corrected chi connectivity index (χ0v) is 14.1. The molecule has 26 heavy (non-hydrogen) atoms. The molecular weight excluding hydrogens is 357 g/mol. The first-order valence-electron chi connectivity index (χ1n) is 7.74. The minimum Gasteiger partial charge on any atom is -0.436 e. The van der Waals surface area contributed by atoms with E-state index < -0.39 is 5.82 Å². The molecule has 0 fully saturated rings. The van der Waals surface area contributed by atoms with E-state index >= 15 is 0 Å². The molecule has 0 atom stereocenters. The van der Waals surface area contributed by atoms with Crippen molar-refractivity contribution < 1.29 is 13.5 Å². The van der Waals surface area contributed by atoms with Gasteiger partial charge in [0.15, 0.2) is 0 Å². The van der Waals surface area contributed by atoms with Gasteiger partial charge in [-0.2, -0.15) is 0 Å². The van der Waals surface area contributed by atoms with Crippen LogP contribution in [0.25, 0.3) is 11.0 Å². The summed E-state index contributed by atoms with van der Waals surface area (Å²) in [4.78, 5) is 4.22. The van der Waals surface area contributed by atoms with Crippen LogP contribution in [0.2, 0.25) is 5.02 Å². The van der Waals surface area contributed by atoms with Crippen LogP contribution < -0.4 is 15.8 Å². The van der Waals surface area contributed by atoms with Crippen molar-refractivity contribution in [1.29, 1.82) is 0 Å². The van der Waals surface area contributed by atoms with Gasteiger partial charge in [0.1, 0.15) is 17.3 Å². The van der Waals surface area contributed by atoms with Gasteiger partial charge in [0.05, 0.1) is 10.4 Å². The lowest BCUT2D eigenvalue weighted by atomic mass is 10.2. The molecule has 0 spiro atoms. The summed E-state index contributed by atoms with van der Waals surface area (Å²) >= 11 is 5.83. The first-order chi connectivity index (χ1) is 12.6. The van der Waals surface area contributed by atoms with Crippen LogP contribution in [0.4, 0.5) is 21.6 Å². The Labute approximate surface area is 153 Å². The average Bonchev–Trinajstić information content (AvgIpc) is 2.96. The second kappa shape index (κ2) is 6.57. The highest BCUT2D eigenvalue weighted by Gasteiger charge is 2.17. The molecule has 2 aromatic carbocycles. The number of hydrogen-bond acceptors (Lipinski definition) is 5. The second-order valence-electron chi connectivity index (χ2n) is 5.50. The standard InChI is InChI=1S/C19H13ClFN3O2/c20-14-10-11(6-7-15(14)21)24-16-13-8-9-23-19(17(13)26-18(16)22)25-12-4-2-1-3-5-12/h1-10,24H,22H2. The van der Waals surface area contributed by atoms with Crippen LogP contribution in [-0.2, 0) is 0 Å². The molecule has 7 heteroatoms. The Hall–Kier alpha value is -3.25. The van der Waals surface area contributed by atoms with E-state index in [0.29, 0.717) is 34.0 Å². The van der Waals surface area contributed by atoms with Crippen molar-refractivity contribution in [2.75, 3.05) is 11.1 Å². The van der Waals surface area contributed by atoms with E-state index in [2.05, 4.69) is 10.3 Å².